The Hall–Kier alpha value is -6.71. The third-order valence-electron chi connectivity index (χ3n) is 15.5. The van der Waals surface area contributed by atoms with E-state index in [4.69, 9.17) is 25.9 Å². The average molecular weight is 1110 g/mol. The van der Waals surface area contributed by atoms with E-state index in [1.165, 1.54) is 0 Å². The number of pyridine rings is 2. The van der Waals surface area contributed by atoms with Gasteiger partial charge in [-0.25, -0.2) is 9.97 Å². The van der Waals surface area contributed by atoms with Gasteiger partial charge in [-0.2, -0.15) is 0 Å². The number of nitrogens with zero attached hydrogens (tertiary/aromatic N) is 8. The topological polar surface area (TPSA) is 275 Å². The summed E-state index contributed by atoms with van der Waals surface area (Å²) in [6.45, 7) is 12.9. The molecule has 2 fully saturated rings. The molecule has 2 aliphatic rings. The molecule has 3 aromatic heterocycles. The van der Waals surface area contributed by atoms with Crippen LogP contribution in [0.1, 0.15) is 131 Å². The number of likely N-dealkylation sites (N-methyl/N-ethyl adjacent to an activating group) is 1. The number of aliphatic carboxylic acids is 1. The lowest BCUT2D eigenvalue weighted by molar-refractivity contribution is -0.907. The van der Waals surface area contributed by atoms with Crippen molar-refractivity contribution >= 4 is 41.1 Å². The minimum Gasteiger partial charge on any atom is -0.497 e. The Balaban J connectivity index is 0.961. The minimum absolute atomic E-state index is 0.0105. The number of piperidine rings is 1. The summed E-state index contributed by atoms with van der Waals surface area (Å²) in [7, 11) is 3.64. The third kappa shape index (κ3) is 20.7. The van der Waals surface area contributed by atoms with Crippen LogP contribution in [0.5, 0.6) is 11.6 Å². The van der Waals surface area contributed by atoms with Crippen LogP contribution < -0.4 is 46.7 Å². The molecular weight excluding hydrogens is 1020 g/mol. The highest BCUT2D eigenvalue weighted by Crippen LogP contribution is 2.45. The maximum atomic E-state index is 15.1. The number of carbonyl (C=O) groups excluding carboxylic acids is 4. The van der Waals surface area contributed by atoms with Crippen LogP contribution in [0.4, 0.5) is 11.5 Å². The van der Waals surface area contributed by atoms with Gasteiger partial charge >= 0.3 is 5.97 Å². The number of carboxylic acid groups (broad SMARTS) is 1. The number of anilines is 2. The fourth-order valence-electron chi connectivity index (χ4n) is 10.3. The quantitative estimate of drug-likeness (QED) is 0.0246. The molecule has 0 unspecified atom stereocenters. The van der Waals surface area contributed by atoms with Crippen LogP contribution in [-0.4, -0.2) is 157 Å². The van der Waals surface area contributed by atoms with Crippen molar-refractivity contribution in [2.45, 2.75) is 123 Å². The molecule has 0 spiro atoms. The summed E-state index contributed by atoms with van der Waals surface area (Å²) in [6.07, 6.45) is 13.7. The highest BCUT2D eigenvalue weighted by molar-refractivity contribution is 6.09. The van der Waals surface area contributed by atoms with Crippen LogP contribution in [0.2, 0.25) is 0 Å². The molecule has 4 amide bonds. The molecule has 1 aliphatic carbocycles. The van der Waals surface area contributed by atoms with Gasteiger partial charge < -0.3 is 51.4 Å². The molecule has 6 rings (SSSR count). The molecular formula is C59H90N13O8+. The number of carboxylic acids is 1. The van der Waals surface area contributed by atoms with Crippen LogP contribution in [0.3, 0.4) is 0 Å². The van der Waals surface area contributed by atoms with E-state index in [2.05, 4.69) is 50.0 Å². The molecule has 1 aliphatic heterocycles. The lowest BCUT2D eigenvalue weighted by Crippen LogP contribution is -2.52. The van der Waals surface area contributed by atoms with Gasteiger partial charge in [0.15, 0.2) is 0 Å². The highest BCUT2D eigenvalue weighted by atomic mass is 16.5. The Morgan fingerprint density at radius 1 is 0.863 bits per heavy atom. The molecule has 0 bridgehead atoms. The number of nitrogens with two attached hydrogens (primary N) is 2. The summed E-state index contributed by atoms with van der Waals surface area (Å²) >= 11 is 0. The van der Waals surface area contributed by atoms with E-state index in [1.807, 2.05) is 78.3 Å². The molecule has 438 valence electrons. The number of hydrogen-bond donors (Lipinski definition) is 6. The van der Waals surface area contributed by atoms with E-state index >= 15 is 4.79 Å². The first kappa shape index (κ1) is 62.5. The van der Waals surface area contributed by atoms with Gasteiger partial charge in [-0.05, 0) is 117 Å². The van der Waals surface area contributed by atoms with Gasteiger partial charge in [0.2, 0.25) is 23.6 Å². The molecule has 4 heterocycles. The second kappa shape index (κ2) is 31.3. The number of carbonyl (C=O) groups is 5. The first-order valence-electron chi connectivity index (χ1n) is 28.9. The normalized spacial score (nSPS) is 14.3. The van der Waals surface area contributed by atoms with E-state index in [9.17, 15) is 24.3 Å². The molecule has 80 heavy (non-hydrogen) atoms. The summed E-state index contributed by atoms with van der Waals surface area (Å²) in [6, 6.07) is 15.2. The number of amides is 4. The molecule has 21 nitrogen and oxygen atoms in total. The second-order valence-corrected chi connectivity index (χ2v) is 22.8. The van der Waals surface area contributed by atoms with Gasteiger partial charge in [-0.3, -0.25) is 33.6 Å². The lowest BCUT2D eigenvalue weighted by Gasteiger charge is -2.36. The molecule has 21 heteroatoms. The molecule has 1 aromatic carbocycles. The molecule has 1 saturated heterocycles. The van der Waals surface area contributed by atoms with Crippen LogP contribution in [0.25, 0.3) is 0 Å². The van der Waals surface area contributed by atoms with Gasteiger partial charge in [-0.1, -0.05) is 38.0 Å². The first-order chi connectivity index (χ1) is 38.5. The number of quaternary nitrogens is 1. The van der Waals surface area contributed by atoms with E-state index in [0.717, 1.165) is 99.9 Å². The number of ether oxygens (including phenoxy) is 2. The zero-order valence-corrected chi connectivity index (χ0v) is 48.1. The largest absolute Gasteiger partial charge is 0.497 e. The maximum Gasteiger partial charge on any atom is 0.303 e. The summed E-state index contributed by atoms with van der Waals surface area (Å²) in [5.74, 6) is 1.31. The van der Waals surface area contributed by atoms with Gasteiger partial charge in [0, 0.05) is 89.0 Å². The fourth-order valence-corrected chi connectivity index (χ4v) is 10.3. The van der Waals surface area contributed by atoms with Crippen molar-refractivity contribution in [3.63, 3.8) is 0 Å². The molecule has 4 aromatic rings. The predicted octanol–water partition coefficient (Wildman–Crippen LogP) is 5.40. The van der Waals surface area contributed by atoms with Gasteiger partial charge in [0.1, 0.15) is 11.6 Å². The monoisotopic (exact) mass is 1110 g/mol. The number of methoxy groups -OCH3 is 1. The van der Waals surface area contributed by atoms with E-state index in [1.54, 1.807) is 13.3 Å². The van der Waals surface area contributed by atoms with Crippen molar-refractivity contribution in [1.82, 2.24) is 40.9 Å². The summed E-state index contributed by atoms with van der Waals surface area (Å²) in [5, 5.41) is 27.1. The van der Waals surface area contributed by atoms with Crippen LogP contribution in [0.15, 0.2) is 60.9 Å². The standard InChI is InChI=1S/C59H89N13O8/c1-43-11-10-13-52(66-43)71(58(78)49-18-17-48(79-5)38-51(49)69-31-20-44(21-32-69)41-80-56-37-46(19-27-65-56)50(39-57(76)77)45-15-16-45)42-59(2,3)24-33-70-40-47(67-68-70)12-8-6-7-9-14-53(73)64-30-36-72(4,34-22-54(74)62-28-25-60)35-23-55(75)63-29-26-61/h10-11,13,17-19,27,37-38,40,44-45,50H,6-9,12,14-16,20-26,28-36,39,41-42,60-61H2,1-5H3,(H3-,62,63,64,73,74,75,76,77)/p+1/t50-/m0/s1. The Kier molecular flexibility index (Phi) is 24.5. The third-order valence-corrected chi connectivity index (χ3v) is 15.5. The number of aryl methyl sites for hydroxylation is 3. The number of rotatable bonds is 36. The van der Waals surface area contributed by atoms with Gasteiger partial charge in [0.25, 0.3) is 5.91 Å². The van der Waals surface area contributed by atoms with Crippen molar-refractivity contribution < 1.29 is 43.0 Å². The first-order valence-corrected chi connectivity index (χ1v) is 28.9. The Morgan fingerprint density at radius 3 is 2.21 bits per heavy atom. The number of benzene rings is 1. The smallest absolute Gasteiger partial charge is 0.303 e. The van der Waals surface area contributed by atoms with E-state index in [0.29, 0.717) is 125 Å². The number of unbranched alkanes of at least 4 members (excludes halogenated alkanes) is 3. The van der Waals surface area contributed by atoms with Crippen molar-refractivity contribution in [2.24, 2.45) is 28.7 Å². The molecule has 8 N–H and O–H groups in total. The zero-order chi connectivity index (χ0) is 57.5. The van der Waals surface area contributed by atoms with Gasteiger partial charge in [0.05, 0.1) is 83.2 Å². The SMILES string of the molecule is COc1ccc(C(=O)N(CC(C)(C)CCn2cc(CCCCCCC(=O)NCC[N+](C)(CCC(=O)NCCN)CCC(=O)NCCN)nn2)c2cccc(C)n2)c(N2CCC(COc3cc([C@@H](CC(=O)O)C4CC4)ccn3)CC2)c1. The average Bonchev–Trinajstić information content (AvgIpc) is 4.20. The molecule has 1 saturated carbocycles. The van der Waals surface area contributed by atoms with Crippen molar-refractivity contribution in [3.8, 4) is 11.6 Å². The van der Waals surface area contributed by atoms with Crippen LogP contribution in [-0.2, 0) is 32.1 Å². The van der Waals surface area contributed by atoms with Crippen molar-refractivity contribution in [2.75, 3.05) is 103 Å². The summed E-state index contributed by atoms with van der Waals surface area (Å²) in [4.78, 5) is 77.5. The van der Waals surface area contributed by atoms with Crippen molar-refractivity contribution in [3.05, 3.63) is 83.4 Å². The molecule has 1 atom stereocenters. The summed E-state index contributed by atoms with van der Waals surface area (Å²) in [5.41, 5.74) is 14.8. The Labute approximate surface area is 472 Å². The maximum absolute atomic E-state index is 15.1. The van der Waals surface area contributed by atoms with E-state index < -0.39 is 5.97 Å². The highest BCUT2D eigenvalue weighted by Gasteiger charge is 2.35. The van der Waals surface area contributed by atoms with Crippen LogP contribution in [0, 0.1) is 24.2 Å². The number of hydrogen-bond acceptors (Lipinski definition) is 14. The second-order valence-electron chi connectivity index (χ2n) is 22.8. The van der Waals surface area contributed by atoms with Crippen molar-refractivity contribution in [1.29, 1.82) is 0 Å². The lowest BCUT2D eigenvalue weighted by atomic mass is 9.88. The van der Waals surface area contributed by atoms with Crippen LogP contribution >= 0.6 is 0 Å². The summed E-state index contributed by atoms with van der Waals surface area (Å²) < 4.78 is 14.3. The number of aromatic nitrogens is 5. The van der Waals surface area contributed by atoms with Gasteiger partial charge in [-0.15, -0.1) is 5.10 Å². The fraction of sp³-hybridized carbons (Fsp3) is 0.610. The Morgan fingerprint density at radius 2 is 1.55 bits per heavy atom. The minimum atomic E-state index is -0.791. The predicted molar refractivity (Wildman–Crippen MR) is 308 cm³/mol. The van der Waals surface area contributed by atoms with E-state index in [-0.39, 0.29) is 47.3 Å². The molecule has 0 radical (unpaired) electrons. The Bertz CT molecular complexity index is 2590. The zero-order valence-electron chi connectivity index (χ0n) is 48.1. The number of nitrogens with one attached hydrogen (secondary N) is 3.